The van der Waals surface area contributed by atoms with E-state index in [0.29, 0.717) is 22.4 Å². The molecule has 4 N–H and O–H groups in total. The highest BCUT2D eigenvalue weighted by atomic mass is 32.1. The third-order valence-electron chi connectivity index (χ3n) is 5.21. The van der Waals surface area contributed by atoms with Crippen molar-refractivity contribution in [1.82, 2.24) is 10.9 Å². The van der Waals surface area contributed by atoms with E-state index in [4.69, 9.17) is 16.6 Å². The largest absolute Gasteiger partial charge is 0.423 e. The number of hydrazine groups is 1. The van der Waals surface area contributed by atoms with E-state index in [1.54, 1.807) is 78.9 Å². The number of nitrogens with one attached hydrogen (secondary N) is 3. The van der Waals surface area contributed by atoms with Crippen molar-refractivity contribution >= 4 is 39.9 Å². The Morgan fingerprint density at radius 3 is 2.12 bits per heavy atom. The Morgan fingerprint density at radius 1 is 0.909 bits per heavy atom. The van der Waals surface area contributed by atoms with Gasteiger partial charge in [-0.15, -0.1) is 0 Å². The molecule has 4 rings (SSSR count). The fraction of sp³-hybridized carbons (Fsp3) is 0.0800. The van der Waals surface area contributed by atoms with Gasteiger partial charge in [0.15, 0.2) is 10.7 Å². The molecule has 0 bridgehead atoms. The molecular weight excluding hydrogens is 438 g/mol. The lowest BCUT2D eigenvalue weighted by molar-refractivity contribution is -0.137. The van der Waals surface area contributed by atoms with Gasteiger partial charge in [0.1, 0.15) is 5.58 Å². The minimum absolute atomic E-state index is 0.0844. The summed E-state index contributed by atoms with van der Waals surface area (Å²) in [7, 11) is 0. The fourth-order valence-corrected chi connectivity index (χ4v) is 3.73. The van der Waals surface area contributed by atoms with Gasteiger partial charge in [-0.3, -0.25) is 15.6 Å². The molecule has 166 valence electrons. The summed E-state index contributed by atoms with van der Waals surface area (Å²) in [5, 5.41) is 15.3. The third-order valence-corrected chi connectivity index (χ3v) is 5.41. The zero-order valence-electron chi connectivity index (χ0n) is 17.7. The van der Waals surface area contributed by atoms with Gasteiger partial charge in [0, 0.05) is 23.2 Å². The maximum atomic E-state index is 13.1. The first kappa shape index (κ1) is 22.2. The molecule has 1 heterocycles. The lowest BCUT2D eigenvalue weighted by atomic mass is 9.85. The normalized spacial score (nSPS) is 11.1. The number of carbonyl (C=O) groups excluding carboxylic acids is 1. The van der Waals surface area contributed by atoms with Crippen molar-refractivity contribution in [3.05, 3.63) is 112 Å². The second-order valence-electron chi connectivity index (χ2n) is 7.44. The second kappa shape index (κ2) is 9.23. The number of carbonyl (C=O) groups is 1. The quantitative estimate of drug-likeness (QED) is 0.211. The molecule has 1 amide bonds. The average molecular weight is 460 g/mol. The Hall–Kier alpha value is -4.01. The Labute approximate surface area is 195 Å². The molecule has 0 spiro atoms. The predicted octanol–water partition coefficient (Wildman–Crippen LogP) is 3.36. The van der Waals surface area contributed by atoms with E-state index in [2.05, 4.69) is 16.2 Å². The summed E-state index contributed by atoms with van der Waals surface area (Å²) >= 11 is 5.27. The van der Waals surface area contributed by atoms with Gasteiger partial charge >= 0.3 is 5.63 Å². The summed E-state index contributed by atoms with van der Waals surface area (Å²) in [6.07, 6.45) is 0. The molecule has 1 aromatic heterocycles. The highest BCUT2D eigenvalue weighted by molar-refractivity contribution is 7.80. The number of hydrogen-bond acceptors (Lipinski definition) is 5. The number of fused-ring (bicyclic) bond motifs is 1. The number of thiocarbonyl (C=S) groups is 1. The van der Waals surface area contributed by atoms with Crippen molar-refractivity contribution in [2.24, 2.45) is 0 Å². The van der Waals surface area contributed by atoms with Gasteiger partial charge in [-0.05, 0) is 48.0 Å². The van der Waals surface area contributed by atoms with E-state index in [-0.39, 0.29) is 5.11 Å². The molecule has 0 aliphatic heterocycles. The first-order valence-electron chi connectivity index (χ1n) is 10.1. The van der Waals surface area contributed by atoms with Crippen molar-refractivity contribution in [3.63, 3.8) is 0 Å². The highest BCUT2D eigenvalue weighted by Crippen LogP contribution is 2.29. The smallest absolute Gasteiger partial charge is 0.336 e. The summed E-state index contributed by atoms with van der Waals surface area (Å²) in [6.45, 7) is 1.83. The van der Waals surface area contributed by atoms with E-state index >= 15 is 0 Å². The van der Waals surface area contributed by atoms with Crippen molar-refractivity contribution in [2.75, 3.05) is 5.32 Å². The van der Waals surface area contributed by atoms with Crippen LogP contribution in [0.3, 0.4) is 0 Å². The van der Waals surface area contributed by atoms with Gasteiger partial charge in [0.25, 0.3) is 5.91 Å². The van der Waals surface area contributed by atoms with Gasteiger partial charge in [0.2, 0.25) is 0 Å². The molecule has 0 unspecified atom stereocenters. The number of benzene rings is 3. The van der Waals surface area contributed by atoms with Crippen molar-refractivity contribution in [2.45, 2.75) is 12.5 Å². The molecule has 0 saturated carbocycles. The molecule has 0 saturated heterocycles. The van der Waals surface area contributed by atoms with Crippen LogP contribution in [0.4, 0.5) is 5.69 Å². The van der Waals surface area contributed by atoms with E-state index < -0.39 is 17.1 Å². The summed E-state index contributed by atoms with van der Waals surface area (Å²) in [5.41, 5.74) is 5.33. The molecular formula is C25H21N3O4S. The zero-order chi connectivity index (χ0) is 23.4. The maximum absolute atomic E-state index is 13.1. The molecule has 7 nitrogen and oxygen atoms in total. The Balaban J connectivity index is 1.50. The summed E-state index contributed by atoms with van der Waals surface area (Å²) in [4.78, 5) is 24.8. The fourth-order valence-electron chi connectivity index (χ4n) is 3.56. The van der Waals surface area contributed by atoms with Crippen LogP contribution in [0, 0.1) is 6.92 Å². The molecule has 0 aliphatic carbocycles. The summed E-state index contributed by atoms with van der Waals surface area (Å²) in [6, 6.07) is 23.9. The monoisotopic (exact) mass is 459 g/mol. The van der Waals surface area contributed by atoms with Gasteiger partial charge in [0.05, 0.1) is 0 Å². The second-order valence-corrected chi connectivity index (χ2v) is 7.84. The van der Waals surface area contributed by atoms with Gasteiger partial charge in [-0.25, -0.2) is 4.79 Å². The predicted molar refractivity (Wildman–Crippen MR) is 131 cm³/mol. The van der Waals surface area contributed by atoms with Crippen LogP contribution in [0.1, 0.15) is 16.7 Å². The van der Waals surface area contributed by atoms with Crippen LogP contribution < -0.4 is 21.8 Å². The number of rotatable bonds is 4. The van der Waals surface area contributed by atoms with Crippen LogP contribution in [0.5, 0.6) is 0 Å². The van der Waals surface area contributed by atoms with E-state index in [0.717, 1.165) is 10.9 Å². The maximum Gasteiger partial charge on any atom is 0.336 e. The highest BCUT2D eigenvalue weighted by Gasteiger charge is 2.40. The molecule has 0 fully saturated rings. The molecule has 0 radical (unpaired) electrons. The van der Waals surface area contributed by atoms with E-state index in [1.165, 1.54) is 6.07 Å². The van der Waals surface area contributed by atoms with Crippen molar-refractivity contribution < 1.29 is 14.3 Å². The number of aryl methyl sites for hydroxylation is 1. The standard InChI is InChI=1S/C25H21N3O4S/c1-16-14-22(29)32-21-15-19(12-13-20(16)21)26-24(33)28-27-23(30)25(31,17-8-4-2-5-9-17)18-10-6-3-7-11-18/h2-15,31H,1H3,(H,27,30)(H2,26,28,33). The summed E-state index contributed by atoms with van der Waals surface area (Å²) < 4.78 is 5.24. The lowest BCUT2D eigenvalue weighted by Gasteiger charge is -2.28. The van der Waals surface area contributed by atoms with Gasteiger partial charge < -0.3 is 14.8 Å². The van der Waals surface area contributed by atoms with Crippen LogP contribution in [-0.4, -0.2) is 16.1 Å². The molecule has 0 aliphatic rings. The number of amides is 1. The third kappa shape index (κ3) is 4.62. The topological polar surface area (TPSA) is 104 Å². The first-order chi connectivity index (χ1) is 15.9. The van der Waals surface area contributed by atoms with Crippen molar-refractivity contribution in [1.29, 1.82) is 0 Å². The van der Waals surface area contributed by atoms with Gasteiger partial charge in [-0.1, -0.05) is 60.7 Å². The average Bonchev–Trinajstić information content (AvgIpc) is 2.82. The van der Waals surface area contributed by atoms with Crippen LogP contribution in [0.15, 0.2) is 94.1 Å². The number of hydrogen-bond donors (Lipinski definition) is 4. The van der Waals surface area contributed by atoms with Crippen molar-refractivity contribution in [3.8, 4) is 0 Å². The summed E-state index contributed by atoms with van der Waals surface area (Å²) in [5.74, 6) is -0.704. The van der Waals surface area contributed by atoms with Crippen LogP contribution in [0.25, 0.3) is 11.0 Å². The van der Waals surface area contributed by atoms with Crippen LogP contribution in [-0.2, 0) is 10.4 Å². The zero-order valence-corrected chi connectivity index (χ0v) is 18.5. The minimum atomic E-state index is -1.94. The molecule has 0 atom stereocenters. The lowest BCUT2D eigenvalue weighted by Crippen LogP contribution is -2.53. The van der Waals surface area contributed by atoms with E-state index in [1.807, 2.05) is 6.92 Å². The minimum Gasteiger partial charge on any atom is -0.423 e. The number of aliphatic hydroxyl groups is 1. The van der Waals surface area contributed by atoms with Crippen LogP contribution >= 0.6 is 12.2 Å². The molecule has 3 aromatic carbocycles. The van der Waals surface area contributed by atoms with Crippen LogP contribution in [0.2, 0.25) is 0 Å². The number of anilines is 1. The Bertz CT molecular complexity index is 1330. The van der Waals surface area contributed by atoms with Gasteiger partial charge in [-0.2, -0.15) is 0 Å². The molecule has 33 heavy (non-hydrogen) atoms. The Kier molecular flexibility index (Phi) is 6.21. The Morgan fingerprint density at radius 2 is 1.52 bits per heavy atom. The molecule has 4 aromatic rings. The molecule has 8 heteroatoms. The van der Waals surface area contributed by atoms with E-state index in [9.17, 15) is 14.7 Å². The SMILES string of the molecule is Cc1cc(=O)oc2cc(NC(=S)NNC(=O)C(O)(c3ccccc3)c3ccccc3)ccc12. The first-order valence-corrected chi connectivity index (χ1v) is 10.5.